The first kappa shape index (κ1) is 20.3. The van der Waals surface area contributed by atoms with Gasteiger partial charge in [-0.25, -0.2) is 9.97 Å². The highest BCUT2D eigenvalue weighted by Crippen LogP contribution is 2.16. The molecule has 1 amide bonds. The summed E-state index contributed by atoms with van der Waals surface area (Å²) in [5.74, 6) is 2.36. The summed E-state index contributed by atoms with van der Waals surface area (Å²) >= 11 is 0. The highest BCUT2D eigenvalue weighted by molar-refractivity contribution is 5.94. The Morgan fingerprint density at radius 2 is 2.11 bits per heavy atom. The molecule has 7 heteroatoms. The molecule has 28 heavy (non-hydrogen) atoms. The number of nitrogens with one attached hydrogen (secondary N) is 1. The summed E-state index contributed by atoms with van der Waals surface area (Å²) in [6.45, 7) is 10.9. The Morgan fingerprint density at radius 3 is 2.79 bits per heavy atom. The maximum absolute atomic E-state index is 12.4. The molecule has 1 fully saturated rings. The first-order chi connectivity index (χ1) is 13.5. The number of piperazine rings is 1. The molecular weight excluding hydrogens is 352 g/mol. The molecule has 1 aliphatic heterocycles. The van der Waals surface area contributed by atoms with E-state index < -0.39 is 0 Å². The Kier molecular flexibility index (Phi) is 6.67. The van der Waals surface area contributed by atoms with Crippen LogP contribution in [0, 0.1) is 0 Å². The molecule has 0 bridgehead atoms. The smallest absolute Gasteiger partial charge is 0.252 e. The van der Waals surface area contributed by atoms with Crippen LogP contribution in [0.4, 0.5) is 5.82 Å². The average molecular weight is 385 g/mol. The van der Waals surface area contributed by atoms with Crippen molar-refractivity contribution in [2.45, 2.75) is 45.7 Å². The molecule has 1 N–H and O–H groups in total. The van der Waals surface area contributed by atoms with Gasteiger partial charge in [-0.05, 0) is 32.5 Å². The van der Waals surface area contributed by atoms with E-state index in [0.717, 1.165) is 44.2 Å². The Balaban J connectivity index is 1.46. The van der Waals surface area contributed by atoms with Crippen molar-refractivity contribution in [1.29, 1.82) is 0 Å². The van der Waals surface area contributed by atoms with Crippen LogP contribution in [0.2, 0.25) is 0 Å². The van der Waals surface area contributed by atoms with Crippen LogP contribution in [0.5, 0.6) is 0 Å². The van der Waals surface area contributed by atoms with E-state index >= 15 is 0 Å². The van der Waals surface area contributed by atoms with Crippen LogP contribution in [0.25, 0.3) is 0 Å². The fourth-order valence-corrected chi connectivity index (χ4v) is 3.53. The van der Waals surface area contributed by atoms with Gasteiger partial charge in [0.05, 0.1) is 5.56 Å². The third kappa shape index (κ3) is 4.90. The Morgan fingerprint density at radius 1 is 1.29 bits per heavy atom. The number of likely N-dealkylation sites (N-methyl/N-ethyl adjacent to an activating group) is 1. The molecular formula is C21H32N6O. The predicted octanol–water partition coefficient (Wildman–Crippen LogP) is 2.36. The van der Waals surface area contributed by atoms with E-state index in [1.54, 1.807) is 6.20 Å². The SMILES string of the molecule is CC(C)c1nccn1CCCNC(=O)c1ccc(N2CCN(C)C(C)C2)nc1. The zero-order valence-corrected chi connectivity index (χ0v) is 17.4. The summed E-state index contributed by atoms with van der Waals surface area (Å²) in [6.07, 6.45) is 6.38. The van der Waals surface area contributed by atoms with Gasteiger partial charge >= 0.3 is 0 Å². The summed E-state index contributed by atoms with van der Waals surface area (Å²) < 4.78 is 2.16. The van der Waals surface area contributed by atoms with Crippen molar-refractivity contribution in [3.05, 3.63) is 42.1 Å². The Bertz CT molecular complexity index is 769. The molecule has 0 aliphatic carbocycles. The quantitative estimate of drug-likeness (QED) is 0.743. The number of carbonyl (C=O) groups is 1. The maximum Gasteiger partial charge on any atom is 0.252 e. The number of hydrogen-bond donors (Lipinski definition) is 1. The predicted molar refractivity (Wildman–Crippen MR) is 112 cm³/mol. The van der Waals surface area contributed by atoms with Crippen LogP contribution >= 0.6 is 0 Å². The number of imidazole rings is 1. The second kappa shape index (κ2) is 9.19. The summed E-state index contributed by atoms with van der Waals surface area (Å²) in [7, 11) is 2.15. The molecule has 1 unspecified atom stereocenters. The number of aryl methyl sites for hydroxylation is 1. The Labute approximate surface area is 167 Å². The molecule has 3 rings (SSSR count). The van der Waals surface area contributed by atoms with Crippen molar-refractivity contribution < 1.29 is 4.79 Å². The third-order valence-corrected chi connectivity index (χ3v) is 5.42. The van der Waals surface area contributed by atoms with E-state index in [1.807, 2.05) is 24.5 Å². The van der Waals surface area contributed by atoms with Gasteiger partial charge in [-0.2, -0.15) is 0 Å². The number of nitrogens with zero attached hydrogens (tertiary/aromatic N) is 5. The summed E-state index contributed by atoms with van der Waals surface area (Å²) in [5, 5.41) is 2.99. The van der Waals surface area contributed by atoms with Gasteiger partial charge in [-0.15, -0.1) is 0 Å². The molecule has 1 atom stereocenters. The van der Waals surface area contributed by atoms with Gasteiger partial charge in [0.15, 0.2) is 0 Å². The molecule has 152 valence electrons. The minimum absolute atomic E-state index is 0.0690. The lowest BCUT2D eigenvalue weighted by Gasteiger charge is -2.38. The second-order valence-corrected chi connectivity index (χ2v) is 7.92. The highest BCUT2D eigenvalue weighted by atomic mass is 16.1. The van der Waals surface area contributed by atoms with Crippen LogP contribution in [0.15, 0.2) is 30.7 Å². The van der Waals surface area contributed by atoms with Gasteiger partial charge < -0.3 is 19.7 Å². The summed E-state index contributed by atoms with van der Waals surface area (Å²) in [5.41, 5.74) is 0.608. The fraction of sp³-hybridized carbons (Fsp3) is 0.571. The first-order valence-electron chi connectivity index (χ1n) is 10.2. The normalized spacial score (nSPS) is 17.9. The van der Waals surface area contributed by atoms with Crippen LogP contribution < -0.4 is 10.2 Å². The van der Waals surface area contributed by atoms with Crippen LogP contribution in [-0.2, 0) is 6.54 Å². The fourth-order valence-electron chi connectivity index (χ4n) is 3.53. The van der Waals surface area contributed by atoms with Crippen LogP contribution in [-0.4, -0.2) is 64.6 Å². The largest absolute Gasteiger partial charge is 0.354 e. The molecule has 1 saturated heterocycles. The molecule has 0 radical (unpaired) electrons. The molecule has 2 aromatic rings. The molecule has 2 aromatic heterocycles. The molecule has 7 nitrogen and oxygen atoms in total. The minimum Gasteiger partial charge on any atom is -0.354 e. The lowest BCUT2D eigenvalue weighted by molar-refractivity contribution is 0.0952. The minimum atomic E-state index is -0.0690. The number of anilines is 1. The topological polar surface area (TPSA) is 66.3 Å². The average Bonchev–Trinajstić information content (AvgIpc) is 3.16. The molecule has 0 spiro atoms. The van der Waals surface area contributed by atoms with Gasteiger partial charge in [0.1, 0.15) is 11.6 Å². The van der Waals surface area contributed by atoms with Crippen molar-refractivity contribution in [2.75, 3.05) is 38.1 Å². The van der Waals surface area contributed by atoms with E-state index in [2.05, 4.69) is 57.5 Å². The maximum atomic E-state index is 12.4. The zero-order valence-electron chi connectivity index (χ0n) is 17.4. The van der Waals surface area contributed by atoms with Crippen LogP contribution in [0.1, 0.15) is 49.3 Å². The number of amides is 1. The van der Waals surface area contributed by atoms with Crippen molar-refractivity contribution >= 4 is 11.7 Å². The van der Waals surface area contributed by atoms with Crippen LogP contribution in [0.3, 0.4) is 0 Å². The van der Waals surface area contributed by atoms with Crippen molar-refractivity contribution in [3.63, 3.8) is 0 Å². The first-order valence-corrected chi connectivity index (χ1v) is 10.2. The second-order valence-electron chi connectivity index (χ2n) is 7.92. The molecule has 3 heterocycles. The third-order valence-electron chi connectivity index (χ3n) is 5.42. The van der Waals surface area contributed by atoms with Crippen molar-refractivity contribution in [1.82, 2.24) is 24.8 Å². The van der Waals surface area contributed by atoms with Gasteiger partial charge in [-0.3, -0.25) is 4.79 Å². The van der Waals surface area contributed by atoms with E-state index in [-0.39, 0.29) is 5.91 Å². The van der Waals surface area contributed by atoms with Gasteiger partial charge in [-0.1, -0.05) is 13.8 Å². The standard InChI is InChI=1S/C21H32N6O/c1-16(2)20-22-9-11-26(20)10-5-8-23-21(28)18-6-7-19(24-14-18)27-13-12-25(4)17(3)15-27/h6-7,9,11,14,16-17H,5,8,10,12-13,15H2,1-4H3,(H,23,28). The van der Waals surface area contributed by atoms with E-state index in [9.17, 15) is 4.79 Å². The number of rotatable bonds is 7. The monoisotopic (exact) mass is 384 g/mol. The zero-order chi connectivity index (χ0) is 20.1. The van der Waals surface area contributed by atoms with Gasteiger partial charge in [0, 0.05) is 63.3 Å². The number of carbonyl (C=O) groups excluding carboxylic acids is 1. The lowest BCUT2D eigenvalue weighted by atomic mass is 10.2. The van der Waals surface area contributed by atoms with E-state index in [4.69, 9.17) is 0 Å². The summed E-state index contributed by atoms with van der Waals surface area (Å²) in [4.78, 5) is 25.9. The molecule has 1 aliphatic rings. The lowest BCUT2D eigenvalue weighted by Crippen LogP contribution is -2.50. The Hall–Kier alpha value is -2.41. The van der Waals surface area contributed by atoms with Gasteiger partial charge in [0.25, 0.3) is 5.91 Å². The van der Waals surface area contributed by atoms with Crippen molar-refractivity contribution in [2.24, 2.45) is 0 Å². The van der Waals surface area contributed by atoms with Crippen molar-refractivity contribution in [3.8, 4) is 0 Å². The molecule has 0 saturated carbocycles. The number of pyridine rings is 1. The van der Waals surface area contributed by atoms with Gasteiger partial charge in [0.2, 0.25) is 0 Å². The number of aromatic nitrogens is 3. The van der Waals surface area contributed by atoms with E-state index in [1.165, 1.54) is 0 Å². The number of hydrogen-bond acceptors (Lipinski definition) is 5. The molecule has 0 aromatic carbocycles. The summed E-state index contributed by atoms with van der Waals surface area (Å²) in [6, 6.07) is 4.33. The van der Waals surface area contributed by atoms with E-state index in [0.29, 0.717) is 24.1 Å². The highest BCUT2D eigenvalue weighted by Gasteiger charge is 2.21.